The maximum Gasteiger partial charge on any atom is 0.130 e. The summed E-state index contributed by atoms with van der Waals surface area (Å²) < 4.78 is 26.6. The first-order valence-electron chi connectivity index (χ1n) is 7.75. The summed E-state index contributed by atoms with van der Waals surface area (Å²) in [5.41, 5.74) is 0.747. The normalized spacial score (nSPS) is 18.1. The predicted octanol–water partition coefficient (Wildman–Crippen LogP) is 3.56. The minimum Gasteiger partial charge on any atom is -0.312 e. The lowest BCUT2D eigenvalue weighted by Crippen LogP contribution is -2.42. The fraction of sp³-hybridized carbons (Fsp3) is 0.647. The average Bonchev–Trinajstić information content (AvgIpc) is 2.40. The SMILES string of the molecule is CC(C)(C)NCC1CCN(Cc2ccc(F)cc2F)CC1. The van der Waals surface area contributed by atoms with Crippen LogP contribution in [0.1, 0.15) is 39.2 Å². The molecular weight excluding hydrogens is 270 g/mol. The van der Waals surface area contributed by atoms with Crippen molar-refractivity contribution < 1.29 is 8.78 Å². The first kappa shape index (κ1) is 16.4. The fourth-order valence-corrected chi connectivity index (χ4v) is 2.69. The van der Waals surface area contributed by atoms with E-state index in [4.69, 9.17) is 0 Å². The third-order valence-corrected chi connectivity index (χ3v) is 4.04. The molecule has 4 heteroatoms. The number of hydrogen-bond donors (Lipinski definition) is 1. The topological polar surface area (TPSA) is 15.3 Å². The van der Waals surface area contributed by atoms with E-state index in [1.807, 2.05) is 0 Å². The van der Waals surface area contributed by atoms with Crippen molar-refractivity contribution in [3.05, 3.63) is 35.4 Å². The van der Waals surface area contributed by atoms with Gasteiger partial charge in [-0.05, 0) is 65.2 Å². The quantitative estimate of drug-likeness (QED) is 0.914. The molecule has 1 aliphatic heterocycles. The van der Waals surface area contributed by atoms with Gasteiger partial charge in [0.05, 0.1) is 0 Å². The molecule has 21 heavy (non-hydrogen) atoms. The zero-order valence-electron chi connectivity index (χ0n) is 13.3. The van der Waals surface area contributed by atoms with Crippen molar-refractivity contribution in [2.75, 3.05) is 19.6 Å². The molecule has 0 radical (unpaired) electrons. The van der Waals surface area contributed by atoms with Crippen molar-refractivity contribution in [1.82, 2.24) is 10.2 Å². The zero-order valence-corrected chi connectivity index (χ0v) is 13.3. The molecule has 0 spiro atoms. The highest BCUT2D eigenvalue weighted by atomic mass is 19.1. The van der Waals surface area contributed by atoms with Gasteiger partial charge in [-0.25, -0.2) is 8.78 Å². The number of nitrogens with one attached hydrogen (secondary N) is 1. The van der Waals surface area contributed by atoms with Crippen LogP contribution in [-0.2, 0) is 6.54 Å². The summed E-state index contributed by atoms with van der Waals surface area (Å²) in [4.78, 5) is 2.25. The second-order valence-corrected chi connectivity index (χ2v) is 7.09. The standard InChI is InChI=1S/C17H26F2N2/c1-17(2,3)20-11-13-6-8-21(9-7-13)12-14-4-5-15(18)10-16(14)19/h4-5,10,13,20H,6-9,11-12H2,1-3H3. The van der Waals surface area contributed by atoms with E-state index in [1.54, 1.807) is 6.07 Å². The van der Waals surface area contributed by atoms with Gasteiger partial charge >= 0.3 is 0 Å². The van der Waals surface area contributed by atoms with Crippen LogP contribution in [0, 0.1) is 17.6 Å². The Morgan fingerprint density at radius 3 is 2.43 bits per heavy atom. The Bertz CT molecular complexity index is 460. The Balaban J connectivity index is 1.79. The molecule has 0 amide bonds. The van der Waals surface area contributed by atoms with Crippen LogP contribution in [0.15, 0.2) is 18.2 Å². The van der Waals surface area contributed by atoms with Crippen LogP contribution >= 0.6 is 0 Å². The second-order valence-electron chi connectivity index (χ2n) is 7.09. The molecule has 1 saturated heterocycles. The third kappa shape index (κ3) is 5.36. The molecule has 0 unspecified atom stereocenters. The molecule has 2 rings (SSSR count). The number of piperidine rings is 1. The van der Waals surface area contributed by atoms with E-state index in [1.165, 1.54) is 6.07 Å². The van der Waals surface area contributed by atoms with Crippen LogP contribution in [-0.4, -0.2) is 30.1 Å². The minimum absolute atomic E-state index is 0.161. The summed E-state index contributed by atoms with van der Waals surface area (Å²) in [6.07, 6.45) is 2.26. The van der Waals surface area contributed by atoms with Gasteiger partial charge in [0.1, 0.15) is 11.6 Å². The van der Waals surface area contributed by atoms with E-state index >= 15 is 0 Å². The van der Waals surface area contributed by atoms with Gasteiger partial charge in [0.2, 0.25) is 0 Å². The number of halogens is 2. The fourth-order valence-electron chi connectivity index (χ4n) is 2.69. The molecule has 1 N–H and O–H groups in total. The van der Waals surface area contributed by atoms with Crippen molar-refractivity contribution in [1.29, 1.82) is 0 Å². The summed E-state index contributed by atoms with van der Waals surface area (Å²) in [6.45, 7) is 10.1. The molecule has 1 fully saturated rings. The van der Waals surface area contributed by atoms with Gasteiger partial charge in [0, 0.05) is 23.7 Å². The number of hydrogen-bond acceptors (Lipinski definition) is 2. The molecule has 1 aromatic carbocycles. The zero-order chi connectivity index (χ0) is 15.5. The molecule has 0 saturated carbocycles. The molecular formula is C17H26F2N2. The van der Waals surface area contributed by atoms with Gasteiger partial charge < -0.3 is 5.32 Å². The lowest BCUT2D eigenvalue weighted by Gasteiger charge is -2.33. The molecule has 0 atom stereocenters. The number of benzene rings is 1. The summed E-state index contributed by atoms with van der Waals surface area (Å²) in [6, 6.07) is 3.85. The molecule has 2 nitrogen and oxygen atoms in total. The van der Waals surface area contributed by atoms with Gasteiger partial charge in [0.25, 0.3) is 0 Å². The highest BCUT2D eigenvalue weighted by Gasteiger charge is 2.21. The van der Waals surface area contributed by atoms with E-state index in [9.17, 15) is 8.78 Å². The Hall–Kier alpha value is -1.00. The van der Waals surface area contributed by atoms with E-state index in [0.29, 0.717) is 18.0 Å². The van der Waals surface area contributed by atoms with Crippen LogP contribution in [0.5, 0.6) is 0 Å². The van der Waals surface area contributed by atoms with Crippen LogP contribution in [0.4, 0.5) is 8.78 Å². The number of nitrogens with zero attached hydrogens (tertiary/aromatic N) is 1. The average molecular weight is 296 g/mol. The molecule has 0 bridgehead atoms. The predicted molar refractivity (Wildman–Crippen MR) is 82.1 cm³/mol. The van der Waals surface area contributed by atoms with Crippen LogP contribution in [0.25, 0.3) is 0 Å². The summed E-state index contributed by atoms with van der Waals surface area (Å²) in [5.74, 6) is -0.256. The van der Waals surface area contributed by atoms with Gasteiger partial charge in [0.15, 0.2) is 0 Å². The molecule has 1 heterocycles. The van der Waals surface area contributed by atoms with Crippen LogP contribution in [0.3, 0.4) is 0 Å². The smallest absolute Gasteiger partial charge is 0.130 e. The maximum absolute atomic E-state index is 13.7. The summed E-state index contributed by atoms with van der Waals surface area (Å²) in [7, 11) is 0. The number of likely N-dealkylation sites (tertiary alicyclic amines) is 1. The maximum atomic E-state index is 13.7. The van der Waals surface area contributed by atoms with Crippen molar-refractivity contribution >= 4 is 0 Å². The van der Waals surface area contributed by atoms with Gasteiger partial charge in [-0.2, -0.15) is 0 Å². The Morgan fingerprint density at radius 2 is 1.86 bits per heavy atom. The highest BCUT2D eigenvalue weighted by Crippen LogP contribution is 2.20. The highest BCUT2D eigenvalue weighted by molar-refractivity contribution is 5.18. The van der Waals surface area contributed by atoms with E-state index in [2.05, 4.69) is 31.0 Å². The minimum atomic E-state index is -0.511. The Labute approximate surface area is 126 Å². The lowest BCUT2D eigenvalue weighted by atomic mass is 9.95. The Morgan fingerprint density at radius 1 is 1.19 bits per heavy atom. The Kier molecular flexibility index (Phi) is 5.33. The number of rotatable bonds is 4. The molecule has 118 valence electrons. The third-order valence-electron chi connectivity index (χ3n) is 4.04. The summed E-state index contributed by atoms with van der Waals surface area (Å²) in [5, 5.41) is 3.55. The van der Waals surface area contributed by atoms with E-state index < -0.39 is 11.6 Å². The van der Waals surface area contributed by atoms with Crippen LogP contribution < -0.4 is 5.32 Å². The second kappa shape index (κ2) is 6.84. The first-order chi connectivity index (χ1) is 9.83. The van der Waals surface area contributed by atoms with Crippen molar-refractivity contribution in [3.8, 4) is 0 Å². The van der Waals surface area contributed by atoms with Crippen molar-refractivity contribution in [3.63, 3.8) is 0 Å². The van der Waals surface area contributed by atoms with E-state index in [-0.39, 0.29) is 5.54 Å². The molecule has 0 aliphatic carbocycles. The lowest BCUT2D eigenvalue weighted by molar-refractivity contribution is 0.168. The first-order valence-corrected chi connectivity index (χ1v) is 7.75. The van der Waals surface area contributed by atoms with Gasteiger partial charge in [-0.1, -0.05) is 6.07 Å². The van der Waals surface area contributed by atoms with E-state index in [0.717, 1.165) is 38.5 Å². The molecule has 0 aromatic heterocycles. The van der Waals surface area contributed by atoms with Gasteiger partial charge in [-0.3, -0.25) is 4.90 Å². The largest absolute Gasteiger partial charge is 0.312 e. The molecule has 1 aromatic rings. The molecule has 1 aliphatic rings. The van der Waals surface area contributed by atoms with Gasteiger partial charge in [-0.15, -0.1) is 0 Å². The van der Waals surface area contributed by atoms with Crippen molar-refractivity contribution in [2.24, 2.45) is 5.92 Å². The van der Waals surface area contributed by atoms with Crippen molar-refractivity contribution in [2.45, 2.75) is 45.7 Å². The van der Waals surface area contributed by atoms with Crippen LogP contribution in [0.2, 0.25) is 0 Å². The summed E-state index contributed by atoms with van der Waals surface area (Å²) >= 11 is 0. The monoisotopic (exact) mass is 296 g/mol.